The van der Waals surface area contributed by atoms with Crippen LogP contribution in [-0.2, 0) is 19.1 Å². The first-order valence-electron chi connectivity index (χ1n) is 21.6. The highest BCUT2D eigenvalue weighted by Crippen LogP contribution is 2.44. The lowest BCUT2D eigenvalue weighted by molar-refractivity contribution is -0.135. The molecule has 0 radical (unpaired) electrons. The van der Waals surface area contributed by atoms with Crippen molar-refractivity contribution < 1.29 is 33.1 Å². The molecule has 0 saturated heterocycles. The smallest absolute Gasteiger partial charge is 0.407 e. The number of alkyl carbamates (subject to hydrolysis) is 2. The van der Waals surface area contributed by atoms with Crippen LogP contribution in [0, 0.1) is 23.7 Å². The second kappa shape index (κ2) is 16.5. The summed E-state index contributed by atoms with van der Waals surface area (Å²) < 4.78 is 16.0. The molecule has 63 heavy (non-hydrogen) atoms. The third-order valence-corrected chi connectivity index (χ3v) is 12.7. The van der Waals surface area contributed by atoms with Gasteiger partial charge in [-0.15, -0.1) is 0 Å². The lowest BCUT2D eigenvalue weighted by atomic mass is 10.0. The summed E-state index contributed by atoms with van der Waals surface area (Å²) in [7, 11) is 2.55. The van der Waals surface area contributed by atoms with Crippen molar-refractivity contribution >= 4 is 45.9 Å². The van der Waals surface area contributed by atoms with E-state index in [2.05, 4.69) is 32.8 Å². The Hall–Kier alpha value is -6.71. The van der Waals surface area contributed by atoms with Gasteiger partial charge in [0.05, 0.1) is 48.8 Å². The minimum Gasteiger partial charge on any atom is -0.456 e. The molecule has 328 valence electrons. The molecule has 0 unspecified atom stereocenters. The van der Waals surface area contributed by atoms with Crippen molar-refractivity contribution in [2.75, 3.05) is 27.3 Å². The van der Waals surface area contributed by atoms with Gasteiger partial charge in [0, 0.05) is 24.2 Å². The number of aromatic nitrogens is 4. The van der Waals surface area contributed by atoms with Crippen molar-refractivity contribution in [3.8, 4) is 22.5 Å². The van der Waals surface area contributed by atoms with E-state index in [0.717, 1.165) is 36.8 Å². The first-order valence-corrected chi connectivity index (χ1v) is 21.6. The van der Waals surface area contributed by atoms with Crippen LogP contribution in [0.5, 0.6) is 0 Å². The SMILES string of the molecule is COC(=O)N[C@H](C(=O)N1CC(C2CC2)=C[C@H]1c1ncc(-c2ccc3c(=O)c4cc(-c5cnc([C@@H]6C=C(C7CC7)CN6C(=O)[C@@H](NC(=O)OC)C(C)C)[nH]5)ccc4oc3c2)[nH]1)C(C)C. The summed E-state index contributed by atoms with van der Waals surface area (Å²) in [6.45, 7) is 8.45. The fourth-order valence-corrected chi connectivity index (χ4v) is 8.82. The molecule has 9 rings (SSSR count). The van der Waals surface area contributed by atoms with Crippen LogP contribution in [-0.4, -0.2) is 93.1 Å². The number of methoxy groups -OCH3 is 2. The molecule has 4 amide bonds. The van der Waals surface area contributed by atoms with Crippen molar-refractivity contribution in [3.63, 3.8) is 0 Å². The summed E-state index contributed by atoms with van der Waals surface area (Å²) >= 11 is 0. The first kappa shape index (κ1) is 41.6. The highest BCUT2D eigenvalue weighted by molar-refractivity contribution is 5.93. The molecule has 16 nitrogen and oxygen atoms in total. The maximum Gasteiger partial charge on any atom is 0.407 e. The van der Waals surface area contributed by atoms with Crippen LogP contribution in [0.1, 0.15) is 77.1 Å². The summed E-state index contributed by atoms with van der Waals surface area (Å²) in [5.41, 5.74) is 5.86. The van der Waals surface area contributed by atoms with Crippen molar-refractivity contribution in [3.05, 3.63) is 94.0 Å². The summed E-state index contributed by atoms with van der Waals surface area (Å²) in [6.07, 6.45) is 10.6. The number of amides is 4. The maximum atomic E-state index is 14.1. The fraction of sp³-hybridized carbons (Fsp3) is 0.426. The number of H-pyrrole nitrogens is 2. The van der Waals surface area contributed by atoms with E-state index in [4.69, 9.17) is 23.9 Å². The molecule has 0 bridgehead atoms. The lowest BCUT2D eigenvalue weighted by Crippen LogP contribution is -2.51. The van der Waals surface area contributed by atoms with Crippen molar-refractivity contribution in [2.45, 2.75) is 77.5 Å². The summed E-state index contributed by atoms with van der Waals surface area (Å²) in [5.74, 6) is 1.28. The zero-order chi connectivity index (χ0) is 44.3. The highest BCUT2D eigenvalue weighted by Gasteiger charge is 2.42. The standard InChI is InChI=1S/C47H52N8O8/c1-23(2)39(52-46(59)61-5)44(57)54-21-29(25-7-8-25)16-35(54)42-48-19-33(50-42)27-12-14-37-32(15-27)41(56)31-13-11-28(18-38(31)63-37)34-20-49-43(51-34)36-17-30(26-9-10-26)22-55(36)45(58)40(24(3)4)53-47(60)62-6/h11-20,23-26,35-36,39-40H,7-10,21-22H2,1-6H3,(H,48,50)(H,49,51)(H,52,59)(H,53,60)/t35-,36-,39-,40-/m0/s1. The molecule has 5 aromatic rings. The zero-order valence-electron chi connectivity index (χ0n) is 36.2. The van der Waals surface area contributed by atoms with E-state index in [-0.39, 0.29) is 29.1 Å². The van der Waals surface area contributed by atoms with E-state index in [1.807, 2.05) is 45.9 Å². The zero-order valence-corrected chi connectivity index (χ0v) is 36.2. The predicted octanol–water partition coefficient (Wildman–Crippen LogP) is 6.93. The van der Waals surface area contributed by atoms with Crippen LogP contribution in [0.25, 0.3) is 44.5 Å². The summed E-state index contributed by atoms with van der Waals surface area (Å²) in [5, 5.41) is 6.24. The van der Waals surface area contributed by atoms with Crippen molar-refractivity contribution in [1.82, 2.24) is 40.4 Å². The van der Waals surface area contributed by atoms with Gasteiger partial charge in [0.2, 0.25) is 17.2 Å². The van der Waals surface area contributed by atoms with E-state index in [1.165, 1.54) is 25.4 Å². The number of ether oxygens (including phenoxy) is 2. The quantitative estimate of drug-likeness (QED) is 0.0753. The number of fused-ring (bicyclic) bond motifs is 2. The monoisotopic (exact) mass is 856 g/mol. The fourth-order valence-electron chi connectivity index (χ4n) is 8.82. The van der Waals surface area contributed by atoms with E-state index < -0.39 is 36.4 Å². The van der Waals surface area contributed by atoms with Gasteiger partial charge in [-0.1, -0.05) is 45.9 Å². The van der Waals surface area contributed by atoms with Crippen LogP contribution < -0.4 is 16.1 Å². The first-order chi connectivity index (χ1) is 30.3. The molecular formula is C47H52N8O8. The number of benzene rings is 2. The molecule has 3 aromatic heterocycles. The van der Waals surface area contributed by atoms with Crippen LogP contribution in [0.2, 0.25) is 0 Å². The summed E-state index contributed by atoms with van der Waals surface area (Å²) in [6, 6.07) is 8.36. The average molecular weight is 857 g/mol. The van der Waals surface area contributed by atoms with Gasteiger partial charge in [-0.2, -0.15) is 0 Å². The highest BCUT2D eigenvalue weighted by atomic mass is 16.5. The number of aromatic amines is 2. The molecule has 4 N–H and O–H groups in total. The Balaban J connectivity index is 0.971. The van der Waals surface area contributed by atoms with E-state index in [1.54, 1.807) is 40.4 Å². The topological polar surface area (TPSA) is 205 Å². The van der Waals surface area contributed by atoms with Crippen LogP contribution >= 0.6 is 0 Å². The van der Waals surface area contributed by atoms with Gasteiger partial charge < -0.3 is 44.3 Å². The maximum absolute atomic E-state index is 14.1. The van der Waals surface area contributed by atoms with Gasteiger partial charge in [0.15, 0.2) is 0 Å². The Kier molecular flexibility index (Phi) is 10.9. The second-order valence-corrected chi connectivity index (χ2v) is 17.8. The Morgan fingerprint density at radius 1 is 0.683 bits per heavy atom. The van der Waals surface area contributed by atoms with Gasteiger partial charge in [0.1, 0.15) is 47.0 Å². The molecule has 16 heteroatoms. The van der Waals surface area contributed by atoms with Gasteiger partial charge in [-0.3, -0.25) is 14.4 Å². The number of hydrogen-bond donors (Lipinski definition) is 4. The third kappa shape index (κ3) is 8.09. The normalized spacial score (nSPS) is 19.7. The molecule has 2 aromatic carbocycles. The number of hydrogen-bond acceptors (Lipinski definition) is 10. The van der Waals surface area contributed by atoms with Gasteiger partial charge in [-0.05, 0) is 90.8 Å². The van der Waals surface area contributed by atoms with Crippen LogP contribution in [0.4, 0.5) is 9.59 Å². The number of nitrogens with one attached hydrogen (secondary N) is 4. The summed E-state index contributed by atoms with van der Waals surface area (Å²) in [4.78, 5) is 86.1. The van der Waals surface area contributed by atoms with E-state index in [0.29, 0.717) is 69.9 Å². The minimum absolute atomic E-state index is 0.171. The molecule has 4 atom stereocenters. The molecule has 0 spiro atoms. The van der Waals surface area contributed by atoms with Gasteiger partial charge in [0.25, 0.3) is 0 Å². The molecule has 2 saturated carbocycles. The number of nitrogens with zero attached hydrogens (tertiary/aromatic N) is 4. The van der Waals surface area contributed by atoms with E-state index >= 15 is 0 Å². The van der Waals surface area contributed by atoms with Crippen LogP contribution in [0.3, 0.4) is 0 Å². The predicted molar refractivity (Wildman–Crippen MR) is 234 cm³/mol. The Bertz CT molecular complexity index is 2760. The van der Waals surface area contributed by atoms with Crippen molar-refractivity contribution in [2.24, 2.45) is 23.7 Å². The van der Waals surface area contributed by atoms with E-state index in [9.17, 15) is 24.0 Å². The van der Waals surface area contributed by atoms with Gasteiger partial charge >= 0.3 is 12.2 Å². The minimum atomic E-state index is -0.775. The Morgan fingerprint density at radius 3 is 1.62 bits per heavy atom. The molecule has 5 heterocycles. The van der Waals surface area contributed by atoms with Crippen molar-refractivity contribution in [1.29, 1.82) is 0 Å². The molecule has 2 aliphatic heterocycles. The number of imidazole rings is 2. The molecule has 4 aliphatic rings. The Labute approximate surface area is 363 Å². The largest absolute Gasteiger partial charge is 0.456 e. The number of carbonyl (C=O) groups is 4. The molecule has 2 fully saturated rings. The Morgan fingerprint density at radius 2 is 1.16 bits per heavy atom. The lowest BCUT2D eigenvalue weighted by Gasteiger charge is -2.30. The molecule has 2 aliphatic carbocycles. The number of rotatable bonds is 12. The van der Waals surface area contributed by atoms with Gasteiger partial charge in [-0.25, -0.2) is 19.6 Å². The third-order valence-electron chi connectivity index (χ3n) is 12.7. The molecular weight excluding hydrogens is 805 g/mol. The average Bonchev–Trinajstić information content (AvgIpc) is 4.06. The second-order valence-electron chi connectivity index (χ2n) is 17.8. The number of carbonyl (C=O) groups excluding carboxylic acids is 4. The van der Waals surface area contributed by atoms with Crippen LogP contribution in [0.15, 0.2) is 81.3 Å².